The lowest BCUT2D eigenvalue weighted by Crippen LogP contribution is -2.27. The maximum Gasteiger partial charge on any atom is 0.335 e. The highest BCUT2D eigenvalue weighted by atomic mass is 19.1. The molecule has 2 N–H and O–H groups in total. The largest absolute Gasteiger partial charge is 0.478 e. The number of halogens is 1. The Morgan fingerprint density at radius 3 is 2.60 bits per heavy atom. The number of rotatable bonds is 4. The van der Waals surface area contributed by atoms with E-state index in [4.69, 9.17) is 0 Å². The molecule has 0 saturated carbocycles. The summed E-state index contributed by atoms with van der Waals surface area (Å²) in [7, 11) is 1.96. The third-order valence-electron chi connectivity index (χ3n) is 5.35. The average molecular weight is 400 g/mol. The first-order valence-electron chi connectivity index (χ1n) is 9.57. The number of carbonyl (C=O) groups is 1. The Morgan fingerprint density at radius 1 is 1.03 bits per heavy atom. The number of aromatic nitrogens is 3. The molecule has 0 aliphatic carbocycles. The minimum atomic E-state index is -1.14. The van der Waals surface area contributed by atoms with Gasteiger partial charge in [0.15, 0.2) is 7.05 Å². The lowest BCUT2D eigenvalue weighted by molar-refractivity contribution is -0.724. The van der Waals surface area contributed by atoms with Crippen LogP contribution in [-0.2, 0) is 13.6 Å². The molecule has 0 radical (unpaired) electrons. The zero-order chi connectivity index (χ0) is 20.8. The minimum absolute atomic E-state index is 0.0467. The number of aryl methyl sites for hydroxylation is 1. The van der Waals surface area contributed by atoms with Crippen molar-refractivity contribution in [3.63, 3.8) is 0 Å². The van der Waals surface area contributed by atoms with E-state index in [0.717, 1.165) is 39.0 Å². The van der Waals surface area contributed by atoms with Gasteiger partial charge in [0.05, 0.1) is 10.9 Å². The summed E-state index contributed by atoms with van der Waals surface area (Å²) < 4.78 is 17.8. The Kier molecular flexibility index (Phi) is 4.13. The second-order valence-electron chi connectivity index (χ2n) is 7.52. The van der Waals surface area contributed by atoms with Crippen LogP contribution >= 0.6 is 0 Å². The molecule has 5 nitrogen and oxygen atoms in total. The van der Waals surface area contributed by atoms with Crippen LogP contribution in [0.4, 0.5) is 4.39 Å². The van der Waals surface area contributed by atoms with Crippen LogP contribution in [0.25, 0.3) is 32.9 Å². The first-order valence-corrected chi connectivity index (χ1v) is 9.57. The summed E-state index contributed by atoms with van der Waals surface area (Å²) in [5, 5.41) is 14.7. The molecule has 0 atom stereocenters. The lowest BCUT2D eigenvalue weighted by Gasteiger charge is -2.09. The molecule has 30 heavy (non-hydrogen) atoms. The van der Waals surface area contributed by atoms with Crippen LogP contribution < -0.4 is 4.68 Å². The van der Waals surface area contributed by atoms with Gasteiger partial charge in [-0.3, -0.25) is 0 Å². The van der Waals surface area contributed by atoms with Gasteiger partial charge in [0, 0.05) is 18.3 Å². The van der Waals surface area contributed by atoms with E-state index in [1.807, 2.05) is 34.8 Å². The van der Waals surface area contributed by atoms with Crippen LogP contribution in [0.2, 0.25) is 0 Å². The van der Waals surface area contributed by atoms with Gasteiger partial charge in [0.2, 0.25) is 6.20 Å². The number of hydrogen-bond donors (Lipinski definition) is 2. The summed E-state index contributed by atoms with van der Waals surface area (Å²) in [5.74, 6) is -1.68. The van der Waals surface area contributed by atoms with Gasteiger partial charge in [0.25, 0.3) is 0 Å². The molecule has 0 fully saturated rings. The van der Waals surface area contributed by atoms with Crippen LogP contribution in [-0.4, -0.2) is 20.7 Å². The Morgan fingerprint density at radius 2 is 1.80 bits per heavy atom. The molecule has 148 valence electrons. The van der Waals surface area contributed by atoms with E-state index in [2.05, 4.69) is 41.5 Å². The molecule has 0 spiro atoms. The normalized spacial score (nSPS) is 11.4. The van der Waals surface area contributed by atoms with Crippen molar-refractivity contribution in [3.8, 4) is 11.1 Å². The molecular weight excluding hydrogens is 381 g/mol. The van der Waals surface area contributed by atoms with Gasteiger partial charge in [0.1, 0.15) is 11.3 Å². The molecule has 2 heterocycles. The van der Waals surface area contributed by atoms with Gasteiger partial charge in [-0.1, -0.05) is 18.2 Å². The Bertz CT molecular complexity index is 1430. The number of fused-ring (bicyclic) bond motifs is 2. The monoisotopic (exact) mass is 400 g/mol. The van der Waals surface area contributed by atoms with E-state index in [0.29, 0.717) is 12.1 Å². The maximum absolute atomic E-state index is 13.9. The first kappa shape index (κ1) is 18.1. The Hall–Kier alpha value is -3.93. The van der Waals surface area contributed by atoms with Crippen molar-refractivity contribution in [3.05, 3.63) is 90.0 Å². The summed E-state index contributed by atoms with van der Waals surface area (Å²) in [4.78, 5) is 11.2. The SMILES string of the molecule is C[n+]1cc2ccc(-c3ccc4ccn(Cc5cc(F)cc(C(=O)O)c5)c4c3)cc2[nH]1. The van der Waals surface area contributed by atoms with Gasteiger partial charge in [-0.05, 0) is 64.5 Å². The number of benzene rings is 3. The van der Waals surface area contributed by atoms with Gasteiger partial charge < -0.3 is 9.67 Å². The Labute approximate surface area is 171 Å². The zero-order valence-corrected chi connectivity index (χ0v) is 16.3. The highest BCUT2D eigenvalue weighted by Gasteiger charge is 2.11. The van der Waals surface area contributed by atoms with Gasteiger partial charge in [-0.25, -0.2) is 9.18 Å². The molecule has 5 rings (SSSR count). The second-order valence-corrected chi connectivity index (χ2v) is 7.52. The van der Waals surface area contributed by atoms with Crippen molar-refractivity contribution in [2.75, 3.05) is 0 Å². The molecule has 0 aliphatic heterocycles. The van der Waals surface area contributed by atoms with Gasteiger partial charge in [-0.15, -0.1) is 4.68 Å². The number of carboxylic acid groups (broad SMARTS) is 1. The van der Waals surface area contributed by atoms with Gasteiger partial charge in [-0.2, -0.15) is 5.10 Å². The summed E-state index contributed by atoms with van der Waals surface area (Å²) in [6.45, 7) is 0.385. The molecule has 0 aliphatic rings. The average Bonchev–Trinajstić information content (AvgIpc) is 3.28. The van der Waals surface area contributed by atoms with Crippen molar-refractivity contribution in [1.29, 1.82) is 0 Å². The zero-order valence-electron chi connectivity index (χ0n) is 16.3. The smallest absolute Gasteiger partial charge is 0.335 e. The third-order valence-corrected chi connectivity index (χ3v) is 5.35. The number of carboxylic acids is 1. The van der Waals surface area contributed by atoms with Crippen molar-refractivity contribution in [2.45, 2.75) is 6.54 Å². The van der Waals surface area contributed by atoms with Gasteiger partial charge >= 0.3 is 5.97 Å². The van der Waals surface area contributed by atoms with E-state index in [1.165, 1.54) is 12.1 Å². The minimum Gasteiger partial charge on any atom is -0.478 e. The predicted octanol–water partition coefficient (Wildman–Crippen LogP) is 4.50. The highest BCUT2D eigenvalue weighted by Crippen LogP contribution is 2.28. The maximum atomic E-state index is 13.9. The van der Waals surface area contributed by atoms with Crippen LogP contribution in [0.15, 0.2) is 73.1 Å². The van der Waals surface area contributed by atoms with E-state index in [9.17, 15) is 14.3 Å². The van der Waals surface area contributed by atoms with Crippen molar-refractivity contribution < 1.29 is 19.0 Å². The van der Waals surface area contributed by atoms with Crippen LogP contribution in [0, 0.1) is 5.82 Å². The number of H-pyrrole nitrogens is 1. The van der Waals surface area contributed by atoms with E-state index in [1.54, 1.807) is 0 Å². The van der Waals surface area contributed by atoms with E-state index in [-0.39, 0.29) is 5.56 Å². The molecule has 6 heteroatoms. The van der Waals surface area contributed by atoms with E-state index < -0.39 is 11.8 Å². The summed E-state index contributed by atoms with van der Waals surface area (Å²) >= 11 is 0. The van der Waals surface area contributed by atoms with E-state index >= 15 is 0 Å². The quantitative estimate of drug-likeness (QED) is 0.437. The lowest BCUT2D eigenvalue weighted by atomic mass is 10.0. The molecule has 3 aromatic carbocycles. The molecule has 0 saturated heterocycles. The molecule has 0 amide bonds. The van der Waals surface area contributed by atoms with Crippen molar-refractivity contribution in [1.82, 2.24) is 9.67 Å². The molecule has 5 aromatic rings. The fourth-order valence-electron chi connectivity index (χ4n) is 3.94. The molecular formula is C24H19FN3O2+. The molecule has 2 aromatic heterocycles. The van der Waals surface area contributed by atoms with Crippen LogP contribution in [0.1, 0.15) is 15.9 Å². The number of nitrogens with zero attached hydrogens (tertiary/aromatic N) is 2. The third kappa shape index (κ3) is 3.22. The fraction of sp³-hybridized carbons (Fsp3) is 0.0833. The number of aromatic carboxylic acids is 1. The standard InChI is InChI=1S/C24H18FN3O2/c1-27-14-19-5-4-17(11-22(19)26-27)18-3-2-16-6-7-28(23(16)12-18)13-15-8-20(24(29)30)10-21(25)9-15/h2-12,14H,13H2,1H3,(H,29,30)/p+1. The number of aromatic amines is 1. The topological polar surface area (TPSA) is 61.9 Å². The van der Waals surface area contributed by atoms with Crippen LogP contribution in [0.5, 0.6) is 0 Å². The number of hydrogen-bond acceptors (Lipinski definition) is 1. The fourth-order valence-corrected chi connectivity index (χ4v) is 3.94. The highest BCUT2D eigenvalue weighted by molar-refractivity contribution is 5.89. The molecule has 0 unspecified atom stereocenters. The first-order chi connectivity index (χ1) is 14.5. The molecule has 0 bridgehead atoms. The summed E-state index contributed by atoms with van der Waals surface area (Å²) in [5.41, 5.74) is 4.80. The van der Waals surface area contributed by atoms with Crippen molar-refractivity contribution >= 4 is 27.8 Å². The predicted molar refractivity (Wildman–Crippen MR) is 113 cm³/mol. The Balaban J connectivity index is 1.55. The summed E-state index contributed by atoms with van der Waals surface area (Å²) in [6, 6.07) is 18.5. The number of nitrogens with one attached hydrogen (secondary N) is 1. The summed E-state index contributed by atoms with van der Waals surface area (Å²) in [6.07, 6.45) is 3.98. The second kappa shape index (κ2) is 6.84. The van der Waals surface area contributed by atoms with Crippen molar-refractivity contribution in [2.24, 2.45) is 7.05 Å². The van der Waals surface area contributed by atoms with Crippen LogP contribution in [0.3, 0.4) is 0 Å².